The van der Waals surface area contributed by atoms with Gasteiger partial charge in [-0.2, -0.15) is 0 Å². The number of nitrogens with one attached hydrogen (secondary N) is 1. The van der Waals surface area contributed by atoms with Gasteiger partial charge in [-0.1, -0.05) is 42.5 Å². The monoisotopic (exact) mass is 582 g/mol. The van der Waals surface area contributed by atoms with Crippen molar-refractivity contribution in [2.45, 2.75) is 36.8 Å². The van der Waals surface area contributed by atoms with E-state index in [1.807, 2.05) is 30.3 Å². The number of Topliss-reactive ketones (excluding diaryl/α,β-unsaturated/α-hetero) is 1. The number of non-ortho nitro benzene ring substituents is 2. The second kappa shape index (κ2) is 9.60. The molecule has 3 aromatic rings. The minimum Gasteiger partial charge on any atom is -0.324 e. The van der Waals surface area contributed by atoms with Gasteiger partial charge in [0.1, 0.15) is 5.54 Å². The number of rotatable bonds is 4. The summed E-state index contributed by atoms with van der Waals surface area (Å²) in [5.41, 5.74) is 0.421. The van der Waals surface area contributed by atoms with Crippen LogP contribution < -0.4 is 5.32 Å². The SMILES string of the molecule is O=C1Nc2ccccc2[C@]12N1CSC[C@H]1[C@H](c1cccc([N+](=O)[O-])c1)[C@]21CCCC(=Cc2cccc([N+](=O)[O-])c2)C1=O. The highest BCUT2D eigenvalue weighted by molar-refractivity contribution is 7.99. The van der Waals surface area contributed by atoms with Crippen molar-refractivity contribution >= 4 is 46.6 Å². The summed E-state index contributed by atoms with van der Waals surface area (Å²) in [7, 11) is 0. The summed E-state index contributed by atoms with van der Waals surface area (Å²) in [6.07, 6.45) is 3.21. The van der Waals surface area contributed by atoms with Gasteiger partial charge in [-0.05, 0) is 48.1 Å². The molecule has 2 saturated heterocycles. The minimum atomic E-state index is -1.31. The van der Waals surface area contributed by atoms with Crippen molar-refractivity contribution in [3.05, 3.63) is 115 Å². The lowest BCUT2D eigenvalue weighted by Crippen LogP contribution is -2.60. The molecule has 0 aromatic heterocycles. The molecule has 3 heterocycles. The molecule has 42 heavy (non-hydrogen) atoms. The van der Waals surface area contributed by atoms with Crippen LogP contribution in [0.2, 0.25) is 0 Å². The van der Waals surface area contributed by atoms with Gasteiger partial charge < -0.3 is 5.32 Å². The molecule has 7 rings (SSSR count). The van der Waals surface area contributed by atoms with Gasteiger partial charge in [-0.15, -0.1) is 11.8 Å². The van der Waals surface area contributed by atoms with Crippen LogP contribution in [0.5, 0.6) is 0 Å². The van der Waals surface area contributed by atoms with Crippen molar-refractivity contribution in [3.8, 4) is 0 Å². The number of fused-ring (bicyclic) bond motifs is 5. The van der Waals surface area contributed by atoms with Gasteiger partial charge in [-0.3, -0.25) is 34.7 Å². The summed E-state index contributed by atoms with van der Waals surface area (Å²) in [6.45, 7) is 0. The lowest BCUT2D eigenvalue weighted by atomic mass is 9.53. The van der Waals surface area contributed by atoms with Crippen LogP contribution >= 0.6 is 11.8 Å². The molecule has 0 radical (unpaired) electrons. The molecule has 1 saturated carbocycles. The number of amides is 1. The molecule has 1 amide bonds. The van der Waals surface area contributed by atoms with Gasteiger partial charge in [0.25, 0.3) is 17.3 Å². The van der Waals surface area contributed by atoms with Gasteiger partial charge in [0, 0.05) is 59.1 Å². The highest BCUT2D eigenvalue weighted by atomic mass is 32.2. The van der Waals surface area contributed by atoms with Gasteiger partial charge in [0.2, 0.25) is 0 Å². The summed E-state index contributed by atoms with van der Waals surface area (Å²) in [6, 6.07) is 19.9. The lowest BCUT2D eigenvalue weighted by Gasteiger charge is -2.49. The third-order valence-corrected chi connectivity index (χ3v) is 10.4. The Morgan fingerprint density at radius 2 is 1.69 bits per heavy atom. The molecule has 0 bridgehead atoms. The maximum absolute atomic E-state index is 15.2. The summed E-state index contributed by atoms with van der Waals surface area (Å²) in [5.74, 6) is 0.281. The van der Waals surface area contributed by atoms with Crippen LogP contribution in [0.25, 0.3) is 6.08 Å². The Balaban J connectivity index is 1.49. The fourth-order valence-electron chi connectivity index (χ4n) is 7.98. The second-order valence-corrected chi connectivity index (χ2v) is 12.3. The van der Waals surface area contributed by atoms with Crippen molar-refractivity contribution in [3.63, 3.8) is 0 Å². The van der Waals surface area contributed by atoms with Crippen molar-refractivity contribution < 1.29 is 19.4 Å². The third-order valence-electron chi connectivity index (χ3n) is 9.38. The largest absolute Gasteiger partial charge is 0.324 e. The number of carbonyl (C=O) groups is 2. The second-order valence-electron chi connectivity index (χ2n) is 11.3. The van der Waals surface area contributed by atoms with E-state index in [2.05, 4.69) is 10.2 Å². The van der Waals surface area contributed by atoms with Crippen LogP contribution in [-0.4, -0.2) is 44.1 Å². The molecule has 1 aliphatic carbocycles. The molecule has 2 spiro atoms. The number of carbonyl (C=O) groups excluding carboxylic acids is 2. The van der Waals surface area contributed by atoms with E-state index in [1.165, 1.54) is 18.2 Å². The number of benzene rings is 3. The molecule has 11 heteroatoms. The summed E-state index contributed by atoms with van der Waals surface area (Å²) >= 11 is 1.69. The fraction of sp³-hybridized carbons (Fsp3) is 0.290. The standard InChI is InChI=1S/C31H26N4O6S/c36-28-21(14-19-6-3-9-22(15-19)34(38)39)8-5-13-30(28)27(20-7-4-10-23(16-20)35(40)41)26-17-42-18-33(26)31(30)24-11-1-2-12-25(24)32-29(31)37/h1-4,6-7,9-12,14-16,26-27H,5,8,13,17-18H2,(H,32,37)/t26-,27-,30-,31-/m0/s1. The Morgan fingerprint density at radius 3 is 2.48 bits per heavy atom. The van der Waals surface area contributed by atoms with E-state index in [9.17, 15) is 25.0 Å². The first-order valence-corrected chi connectivity index (χ1v) is 14.9. The first-order valence-electron chi connectivity index (χ1n) is 13.8. The first-order chi connectivity index (χ1) is 20.3. The topological polar surface area (TPSA) is 136 Å². The number of hydrogen-bond donors (Lipinski definition) is 1. The molecular formula is C31H26N4O6S. The van der Waals surface area contributed by atoms with Crippen molar-refractivity contribution in [2.24, 2.45) is 5.41 Å². The number of nitro groups is 2. The molecule has 4 aliphatic rings. The minimum absolute atomic E-state index is 0.0623. The lowest BCUT2D eigenvalue weighted by molar-refractivity contribution is -0.385. The summed E-state index contributed by atoms with van der Waals surface area (Å²) in [5, 5.41) is 26.3. The average Bonchev–Trinajstić information content (AvgIpc) is 3.63. The van der Waals surface area contributed by atoms with Crippen molar-refractivity contribution in [1.29, 1.82) is 0 Å². The van der Waals surface area contributed by atoms with E-state index >= 15 is 4.79 Å². The predicted octanol–water partition coefficient (Wildman–Crippen LogP) is 5.65. The average molecular weight is 583 g/mol. The smallest absolute Gasteiger partial charge is 0.270 e. The first kappa shape index (κ1) is 26.5. The number of thioether (sulfide) groups is 1. The van der Waals surface area contributed by atoms with Crippen LogP contribution in [0.1, 0.15) is 41.9 Å². The number of anilines is 1. The Hall–Kier alpha value is -4.35. The molecule has 3 aliphatic heterocycles. The van der Waals surface area contributed by atoms with Crippen LogP contribution in [0.15, 0.2) is 78.4 Å². The highest BCUT2D eigenvalue weighted by Crippen LogP contribution is 2.70. The number of allylic oxidation sites excluding steroid dienone is 1. The summed E-state index contributed by atoms with van der Waals surface area (Å²) in [4.78, 5) is 54.1. The molecule has 0 unspecified atom stereocenters. The van der Waals surface area contributed by atoms with E-state index in [0.717, 1.165) is 5.56 Å². The fourth-order valence-corrected chi connectivity index (χ4v) is 9.28. The Kier molecular flexibility index (Phi) is 6.07. The normalized spacial score (nSPS) is 29.2. The molecule has 3 fully saturated rings. The quantitative estimate of drug-likeness (QED) is 0.237. The zero-order chi connectivity index (χ0) is 29.2. The Bertz CT molecular complexity index is 1720. The number of hydrogen-bond acceptors (Lipinski definition) is 8. The maximum Gasteiger partial charge on any atom is 0.270 e. The van der Waals surface area contributed by atoms with Crippen LogP contribution in [0.3, 0.4) is 0 Å². The third kappa shape index (κ3) is 3.50. The van der Waals surface area contributed by atoms with E-state index in [0.29, 0.717) is 53.3 Å². The van der Waals surface area contributed by atoms with Gasteiger partial charge in [0.05, 0.1) is 15.3 Å². The molecule has 4 atom stereocenters. The van der Waals surface area contributed by atoms with E-state index < -0.39 is 26.7 Å². The summed E-state index contributed by atoms with van der Waals surface area (Å²) < 4.78 is 0. The van der Waals surface area contributed by atoms with Gasteiger partial charge in [0.15, 0.2) is 5.78 Å². The number of nitro benzene ring substituents is 2. The molecule has 3 aromatic carbocycles. The van der Waals surface area contributed by atoms with Crippen LogP contribution in [0.4, 0.5) is 17.1 Å². The Morgan fingerprint density at radius 1 is 0.952 bits per heavy atom. The zero-order valence-electron chi connectivity index (χ0n) is 22.4. The van der Waals surface area contributed by atoms with Gasteiger partial charge in [-0.25, -0.2) is 0 Å². The number of nitrogens with zero attached hydrogens (tertiary/aromatic N) is 3. The van der Waals surface area contributed by atoms with E-state index in [-0.39, 0.29) is 29.1 Å². The zero-order valence-corrected chi connectivity index (χ0v) is 23.2. The van der Waals surface area contributed by atoms with E-state index in [4.69, 9.17) is 0 Å². The number of ketones is 1. The molecular weight excluding hydrogens is 556 g/mol. The molecule has 1 N–H and O–H groups in total. The number of para-hydroxylation sites is 1. The van der Waals surface area contributed by atoms with E-state index in [1.54, 1.807) is 42.1 Å². The van der Waals surface area contributed by atoms with Crippen molar-refractivity contribution in [1.82, 2.24) is 4.90 Å². The van der Waals surface area contributed by atoms with Crippen LogP contribution in [-0.2, 0) is 15.1 Å². The molecule has 10 nitrogen and oxygen atoms in total. The van der Waals surface area contributed by atoms with Gasteiger partial charge >= 0.3 is 0 Å². The molecule has 212 valence electrons. The predicted molar refractivity (Wildman–Crippen MR) is 158 cm³/mol. The Labute approximate surface area is 245 Å². The van der Waals surface area contributed by atoms with Crippen LogP contribution in [0, 0.1) is 25.6 Å². The maximum atomic E-state index is 15.2. The van der Waals surface area contributed by atoms with Crippen molar-refractivity contribution in [2.75, 3.05) is 16.9 Å². The highest BCUT2D eigenvalue weighted by Gasteiger charge is 2.77.